The van der Waals surface area contributed by atoms with Crippen LogP contribution in [0.3, 0.4) is 0 Å². The fraction of sp³-hybridized carbons (Fsp3) is 0.419. The van der Waals surface area contributed by atoms with E-state index in [1.807, 2.05) is 64.2 Å². The van der Waals surface area contributed by atoms with Crippen LogP contribution < -0.4 is 0 Å². The van der Waals surface area contributed by atoms with Crippen molar-refractivity contribution in [2.75, 3.05) is 0 Å². The van der Waals surface area contributed by atoms with Crippen LogP contribution in [0.1, 0.15) is 104 Å². The molecule has 0 spiro atoms. The monoisotopic (exact) mass is 884 g/mol. The van der Waals surface area contributed by atoms with E-state index in [0.717, 1.165) is 52.5 Å². The van der Waals surface area contributed by atoms with Gasteiger partial charge in [-0.1, -0.05) is 91.5 Å². The molecule has 0 aliphatic heterocycles. The molecule has 0 aliphatic carbocycles. The number of ketones is 1. The van der Waals surface area contributed by atoms with Crippen LogP contribution in [-0.4, -0.2) is 20.9 Å². The molecule has 0 unspecified atom stereocenters. The second kappa shape index (κ2) is 15.3. The Morgan fingerprint density at radius 3 is 2.10 bits per heavy atom. The van der Waals surface area contributed by atoms with Gasteiger partial charge in [0.05, 0.1) is 5.52 Å². The molecular formula is C43H51IrN2O2S2-. The fourth-order valence-corrected chi connectivity index (χ4v) is 8.84. The molecule has 1 radical (unpaired) electrons. The molecule has 0 saturated carbocycles. The number of thiophene rings is 2. The number of carbonyl (C=O) groups excluding carboxylic acids is 1. The summed E-state index contributed by atoms with van der Waals surface area (Å²) in [6.07, 6.45) is 6.46. The second-order valence-electron chi connectivity index (χ2n) is 14.9. The van der Waals surface area contributed by atoms with Gasteiger partial charge in [-0.05, 0) is 62.6 Å². The molecule has 4 nitrogen and oxygen atoms in total. The molecule has 0 aliphatic rings. The van der Waals surface area contributed by atoms with Crippen LogP contribution in [0.2, 0.25) is 0 Å². The number of hydrogen-bond acceptors (Lipinski definition) is 6. The molecule has 6 rings (SSSR count). The second-order valence-corrected chi connectivity index (χ2v) is 17.2. The first-order chi connectivity index (χ1) is 23.1. The molecule has 0 saturated heterocycles. The molecule has 3 aromatic heterocycles. The van der Waals surface area contributed by atoms with E-state index < -0.39 is 0 Å². The number of aryl methyl sites for hydroxylation is 2. The third-order valence-corrected chi connectivity index (χ3v) is 13.4. The summed E-state index contributed by atoms with van der Waals surface area (Å²) in [6.45, 7) is 23.3. The summed E-state index contributed by atoms with van der Waals surface area (Å²) in [5.74, 6) is 0.286. The molecule has 0 atom stereocenters. The van der Waals surface area contributed by atoms with Gasteiger partial charge in [0.2, 0.25) is 0 Å². The standard InChI is InChI=1S/C28H23N2S2.C15H28O2.Ir/c1-15-16(2)31-22-11-10-20-25-27(32-26(20)23(15)22)24(29-14-30-25)18-12-17-8-6-7-9-19(17)21(13-18)28(3,4)5;1-7-14(5,8-2)12(16)11-13(17)15(6,9-3)10-4;/h6-11,13-14H,1-5H3;11,16H,7-10H2,1-6H3;/q-1;;/b;12-11-;. The Morgan fingerprint density at radius 1 is 0.840 bits per heavy atom. The maximum absolute atomic E-state index is 12.2. The van der Waals surface area contributed by atoms with Crippen molar-refractivity contribution in [2.24, 2.45) is 10.8 Å². The molecule has 50 heavy (non-hydrogen) atoms. The summed E-state index contributed by atoms with van der Waals surface area (Å²) in [7, 11) is 0. The van der Waals surface area contributed by atoms with Crippen LogP contribution >= 0.6 is 22.7 Å². The van der Waals surface area contributed by atoms with Gasteiger partial charge in [0.1, 0.15) is 12.1 Å². The summed E-state index contributed by atoms with van der Waals surface area (Å²) in [5, 5.41) is 15.1. The van der Waals surface area contributed by atoms with Crippen molar-refractivity contribution in [3.05, 3.63) is 82.7 Å². The van der Waals surface area contributed by atoms with Gasteiger partial charge in [0.25, 0.3) is 0 Å². The average molecular weight is 884 g/mol. The van der Waals surface area contributed by atoms with Crippen LogP contribution in [0.4, 0.5) is 0 Å². The van der Waals surface area contributed by atoms with Crippen LogP contribution in [0.5, 0.6) is 0 Å². The van der Waals surface area contributed by atoms with E-state index in [4.69, 9.17) is 9.97 Å². The Morgan fingerprint density at radius 2 is 1.48 bits per heavy atom. The summed E-state index contributed by atoms with van der Waals surface area (Å²) in [4.78, 5) is 23.1. The van der Waals surface area contributed by atoms with Crippen molar-refractivity contribution in [1.29, 1.82) is 0 Å². The predicted molar refractivity (Wildman–Crippen MR) is 213 cm³/mol. The maximum atomic E-state index is 12.2. The number of carbonyl (C=O) groups is 1. The topological polar surface area (TPSA) is 63.1 Å². The first kappa shape index (κ1) is 39.8. The van der Waals surface area contributed by atoms with Crippen LogP contribution in [0.25, 0.3) is 52.4 Å². The zero-order valence-corrected chi connectivity index (χ0v) is 35.5. The third-order valence-electron chi connectivity index (χ3n) is 11.0. The Bertz CT molecular complexity index is 2190. The van der Waals surface area contributed by atoms with Gasteiger partial charge < -0.3 is 5.11 Å². The van der Waals surface area contributed by atoms with Gasteiger partial charge in [-0.2, -0.15) is 0 Å². The van der Waals surface area contributed by atoms with Gasteiger partial charge in [0.15, 0.2) is 5.78 Å². The van der Waals surface area contributed by atoms with Crippen molar-refractivity contribution in [3.8, 4) is 11.3 Å². The number of fused-ring (bicyclic) bond motifs is 6. The summed E-state index contributed by atoms with van der Waals surface area (Å²) in [6, 6.07) is 19.0. The van der Waals surface area contributed by atoms with Crippen molar-refractivity contribution in [1.82, 2.24) is 9.97 Å². The minimum Gasteiger partial charge on any atom is -0.512 e. The molecule has 267 valence electrons. The number of aromatic nitrogens is 2. The number of aliphatic hydroxyl groups is 1. The minimum atomic E-state index is -0.337. The molecule has 0 fully saturated rings. The first-order valence-corrected chi connectivity index (χ1v) is 19.2. The average Bonchev–Trinajstić information content (AvgIpc) is 3.62. The quantitative estimate of drug-likeness (QED) is 0.0940. The molecule has 3 aromatic carbocycles. The van der Waals surface area contributed by atoms with Crippen LogP contribution in [0.15, 0.2) is 60.6 Å². The Kier molecular flexibility index (Phi) is 12.2. The normalized spacial score (nSPS) is 12.7. The Balaban J connectivity index is 0.000000269. The zero-order valence-electron chi connectivity index (χ0n) is 31.4. The summed E-state index contributed by atoms with van der Waals surface area (Å²) >= 11 is 3.70. The zero-order chi connectivity index (χ0) is 35.9. The van der Waals surface area contributed by atoms with Gasteiger partial charge in [0, 0.05) is 72.5 Å². The number of hydrogen-bond donors (Lipinski definition) is 1. The molecule has 7 heteroatoms. The molecule has 3 heterocycles. The minimum absolute atomic E-state index is 0. The molecule has 0 amide bonds. The number of rotatable bonds is 8. The number of nitrogens with zero attached hydrogens (tertiary/aromatic N) is 2. The maximum Gasteiger partial charge on any atom is 0.164 e. The number of allylic oxidation sites excluding steroid dienone is 2. The smallest absolute Gasteiger partial charge is 0.164 e. The van der Waals surface area contributed by atoms with Gasteiger partial charge in [-0.15, -0.1) is 51.8 Å². The van der Waals surface area contributed by atoms with E-state index in [9.17, 15) is 9.90 Å². The van der Waals surface area contributed by atoms with Crippen molar-refractivity contribution in [2.45, 2.75) is 107 Å². The molecule has 0 bridgehead atoms. The van der Waals surface area contributed by atoms with Crippen LogP contribution in [0, 0.1) is 30.7 Å². The Hall–Kier alpha value is -2.96. The van der Waals surface area contributed by atoms with Crippen LogP contribution in [-0.2, 0) is 30.3 Å². The molecule has 1 N–H and O–H groups in total. The molecular weight excluding hydrogens is 833 g/mol. The van der Waals surface area contributed by atoms with Crippen molar-refractivity contribution < 1.29 is 30.0 Å². The fourth-order valence-electron chi connectivity index (χ4n) is 6.33. The van der Waals surface area contributed by atoms with Crippen molar-refractivity contribution >= 4 is 69.6 Å². The first-order valence-electron chi connectivity index (χ1n) is 17.6. The van der Waals surface area contributed by atoms with E-state index in [1.54, 1.807) is 6.33 Å². The summed E-state index contributed by atoms with van der Waals surface area (Å²) in [5.41, 5.74) is 5.18. The number of aliphatic hydroxyl groups excluding tert-OH is 1. The van der Waals surface area contributed by atoms with E-state index in [2.05, 4.69) is 83.1 Å². The SMILES string of the molecule is CCC(C)(CC)C(=O)/C=C(\O)C(C)(CC)CC.Cc1sc2ccc3c4ncnc(-c5[c-]c6ccccc6c(C(C)(C)C)c5)c4sc3c2c1C.[Ir]. The molecule has 6 aromatic rings. The number of benzene rings is 3. The predicted octanol–water partition coefficient (Wildman–Crippen LogP) is 13.2. The van der Waals surface area contributed by atoms with Crippen molar-refractivity contribution in [3.63, 3.8) is 0 Å². The van der Waals surface area contributed by atoms with Gasteiger partial charge in [-0.3, -0.25) is 9.78 Å². The Labute approximate surface area is 319 Å². The largest absolute Gasteiger partial charge is 0.512 e. The van der Waals surface area contributed by atoms with E-state index in [-0.39, 0.29) is 47.9 Å². The van der Waals surface area contributed by atoms with E-state index in [0.29, 0.717) is 0 Å². The van der Waals surface area contributed by atoms with E-state index in [1.165, 1.54) is 47.6 Å². The van der Waals surface area contributed by atoms with Gasteiger partial charge >= 0.3 is 0 Å². The summed E-state index contributed by atoms with van der Waals surface area (Å²) < 4.78 is 3.81. The third kappa shape index (κ3) is 7.35. The van der Waals surface area contributed by atoms with Gasteiger partial charge in [-0.25, -0.2) is 4.98 Å². The van der Waals surface area contributed by atoms with E-state index >= 15 is 0 Å².